The summed E-state index contributed by atoms with van der Waals surface area (Å²) >= 11 is 0. The molecule has 7 heteroatoms. The molecule has 0 amide bonds. The Labute approximate surface area is 133 Å². The summed E-state index contributed by atoms with van der Waals surface area (Å²) in [6.07, 6.45) is 1.60. The highest BCUT2D eigenvalue weighted by atomic mass is 19.2. The molecule has 5 nitrogen and oxygen atoms in total. The van der Waals surface area contributed by atoms with E-state index >= 15 is 0 Å². The van der Waals surface area contributed by atoms with Crippen molar-refractivity contribution in [3.05, 3.63) is 54.0 Å². The molecule has 0 aliphatic carbocycles. The number of halogens is 2. The molecule has 124 valence electrons. The Morgan fingerprint density at radius 3 is 2.78 bits per heavy atom. The van der Waals surface area contributed by atoms with Crippen molar-refractivity contribution in [3.63, 3.8) is 0 Å². The van der Waals surface area contributed by atoms with Gasteiger partial charge in [0.25, 0.3) is 0 Å². The van der Waals surface area contributed by atoms with Gasteiger partial charge in [0.2, 0.25) is 0 Å². The van der Waals surface area contributed by atoms with E-state index in [4.69, 9.17) is 9.15 Å². The van der Waals surface area contributed by atoms with Gasteiger partial charge in [-0.1, -0.05) is 0 Å². The average molecular weight is 323 g/mol. The minimum atomic E-state index is -0.927. The zero-order chi connectivity index (χ0) is 16.5. The summed E-state index contributed by atoms with van der Waals surface area (Å²) in [7, 11) is 0. The van der Waals surface area contributed by atoms with Crippen molar-refractivity contribution in [2.24, 2.45) is 4.99 Å². The number of rotatable bonds is 7. The van der Waals surface area contributed by atoms with E-state index in [2.05, 4.69) is 15.6 Å². The standard InChI is InChI=1S/C16H19F2N3O2/c1-2-19-16(21-11-13-4-3-8-22-13)20-7-9-23-12-5-6-14(17)15(18)10-12/h3-6,8,10H,2,7,9,11H2,1H3,(H2,19,20,21). The van der Waals surface area contributed by atoms with Gasteiger partial charge in [0.05, 0.1) is 12.8 Å². The van der Waals surface area contributed by atoms with Crippen molar-refractivity contribution >= 4 is 5.96 Å². The molecule has 0 saturated carbocycles. The summed E-state index contributed by atoms with van der Waals surface area (Å²) < 4.78 is 36.4. The maximum atomic E-state index is 13.0. The normalized spacial score (nSPS) is 11.3. The van der Waals surface area contributed by atoms with Gasteiger partial charge in [-0.2, -0.15) is 0 Å². The topological polar surface area (TPSA) is 58.8 Å². The van der Waals surface area contributed by atoms with Gasteiger partial charge < -0.3 is 19.8 Å². The Balaban J connectivity index is 1.77. The number of furan rings is 1. The lowest BCUT2D eigenvalue weighted by Gasteiger charge is -2.12. The maximum Gasteiger partial charge on any atom is 0.191 e. The van der Waals surface area contributed by atoms with E-state index in [-0.39, 0.29) is 12.4 Å². The number of aliphatic imine (C=N–C) groups is 1. The summed E-state index contributed by atoms with van der Waals surface area (Å²) in [6, 6.07) is 7.09. The van der Waals surface area contributed by atoms with E-state index < -0.39 is 11.6 Å². The number of nitrogens with one attached hydrogen (secondary N) is 2. The van der Waals surface area contributed by atoms with Gasteiger partial charge in [-0.25, -0.2) is 13.8 Å². The van der Waals surface area contributed by atoms with Crippen LogP contribution >= 0.6 is 0 Å². The molecule has 1 aromatic heterocycles. The van der Waals surface area contributed by atoms with Crippen molar-refractivity contribution in [2.75, 3.05) is 19.7 Å². The molecule has 1 aromatic carbocycles. The highest BCUT2D eigenvalue weighted by Gasteiger charge is 2.03. The number of benzene rings is 1. The lowest BCUT2D eigenvalue weighted by molar-refractivity contribution is 0.318. The number of hydrogen-bond donors (Lipinski definition) is 2. The SMILES string of the molecule is CCNC(=NCc1ccco1)NCCOc1ccc(F)c(F)c1. The third kappa shape index (κ3) is 5.61. The second kappa shape index (κ2) is 8.77. The Morgan fingerprint density at radius 1 is 1.22 bits per heavy atom. The van der Waals surface area contributed by atoms with Crippen molar-refractivity contribution in [1.29, 1.82) is 0 Å². The van der Waals surface area contributed by atoms with Crippen LogP contribution in [-0.4, -0.2) is 25.7 Å². The van der Waals surface area contributed by atoms with Crippen LogP contribution in [-0.2, 0) is 6.54 Å². The third-order valence-corrected chi connectivity index (χ3v) is 2.87. The molecule has 0 bridgehead atoms. The van der Waals surface area contributed by atoms with E-state index in [0.29, 0.717) is 25.6 Å². The largest absolute Gasteiger partial charge is 0.492 e. The second-order valence-electron chi connectivity index (χ2n) is 4.63. The second-order valence-corrected chi connectivity index (χ2v) is 4.63. The molecule has 0 aliphatic heterocycles. The molecule has 0 radical (unpaired) electrons. The van der Waals surface area contributed by atoms with E-state index in [1.165, 1.54) is 6.07 Å². The van der Waals surface area contributed by atoms with Crippen LogP contribution in [0.4, 0.5) is 8.78 Å². The van der Waals surface area contributed by atoms with Crippen LogP contribution in [0.3, 0.4) is 0 Å². The van der Waals surface area contributed by atoms with Gasteiger partial charge in [0.1, 0.15) is 24.7 Å². The first-order valence-electron chi connectivity index (χ1n) is 7.31. The van der Waals surface area contributed by atoms with Crippen molar-refractivity contribution in [3.8, 4) is 5.75 Å². The summed E-state index contributed by atoms with van der Waals surface area (Å²) in [5.74, 6) is -0.153. The van der Waals surface area contributed by atoms with Gasteiger partial charge in [-0.3, -0.25) is 0 Å². The minimum Gasteiger partial charge on any atom is -0.492 e. The summed E-state index contributed by atoms with van der Waals surface area (Å²) in [4.78, 5) is 4.36. The van der Waals surface area contributed by atoms with Crippen LogP contribution in [0, 0.1) is 11.6 Å². The molecule has 23 heavy (non-hydrogen) atoms. The number of hydrogen-bond acceptors (Lipinski definition) is 3. The Hall–Kier alpha value is -2.57. The van der Waals surface area contributed by atoms with Gasteiger partial charge in [0.15, 0.2) is 17.6 Å². The molecule has 2 rings (SSSR count). The van der Waals surface area contributed by atoms with Crippen LogP contribution < -0.4 is 15.4 Å². The molecular formula is C16H19F2N3O2. The van der Waals surface area contributed by atoms with Crippen LogP contribution in [0.1, 0.15) is 12.7 Å². The predicted octanol–water partition coefficient (Wildman–Crippen LogP) is 2.69. The highest BCUT2D eigenvalue weighted by molar-refractivity contribution is 5.79. The van der Waals surface area contributed by atoms with Crippen LogP contribution in [0.5, 0.6) is 5.75 Å². The lowest BCUT2D eigenvalue weighted by atomic mass is 10.3. The Bertz CT molecular complexity index is 630. The fourth-order valence-corrected chi connectivity index (χ4v) is 1.81. The highest BCUT2D eigenvalue weighted by Crippen LogP contribution is 2.14. The number of guanidine groups is 1. The van der Waals surface area contributed by atoms with Crippen LogP contribution in [0.25, 0.3) is 0 Å². The molecule has 0 saturated heterocycles. The van der Waals surface area contributed by atoms with Crippen molar-refractivity contribution in [2.45, 2.75) is 13.5 Å². The quantitative estimate of drug-likeness (QED) is 0.467. The maximum absolute atomic E-state index is 13.0. The molecule has 0 fully saturated rings. The van der Waals surface area contributed by atoms with Crippen LogP contribution in [0.2, 0.25) is 0 Å². The predicted molar refractivity (Wildman–Crippen MR) is 83.4 cm³/mol. The number of ether oxygens (including phenoxy) is 1. The first kappa shape index (κ1) is 16.8. The number of nitrogens with zero attached hydrogens (tertiary/aromatic N) is 1. The van der Waals surface area contributed by atoms with Crippen molar-refractivity contribution in [1.82, 2.24) is 10.6 Å². The van der Waals surface area contributed by atoms with Gasteiger partial charge in [-0.05, 0) is 31.2 Å². The molecule has 0 unspecified atom stereocenters. The fraction of sp³-hybridized carbons (Fsp3) is 0.312. The van der Waals surface area contributed by atoms with E-state index in [0.717, 1.165) is 17.9 Å². The van der Waals surface area contributed by atoms with E-state index in [1.54, 1.807) is 12.3 Å². The molecular weight excluding hydrogens is 304 g/mol. The minimum absolute atomic E-state index is 0.281. The first-order valence-corrected chi connectivity index (χ1v) is 7.31. The van der Waals surface area contributed by atoms with Gasteiger partial charge in [-0.15, -0.1) is 0 Å². The molecule has 0 aliphatic rings. The zero-order valence-electron chi connectivity index (χ0n) is 12.8. The third-order valence-electron chi connectivity index (χ3n) is 2.87. The average Bonchev–Trinajstić information content (AvgIpc) is 3.06. The molecule has 0 atom stereocenters. The fourth-order valence-electron chi connectivity index (χ4n) is 1.81. The van der Waals surface area contributed by atoms with Crippen molar-refractivity contribution < 1.29 is 17.9 Å². The molecule has 1 heterocycles. The van der Waals surface area contributed by atoms with E-state index in [9.17, 15) is 8.78 Å². The summed E-state index contributed by atoms with van der Waals surface area (Å²) in [6.45, 7) is 3.85. The smallest absolute Gasteiger partial charge is 0.191 e. The van der Waals surface area contributed by atoms with Gasteiger partial charge in [0, 0.05) is 12.6 Å². The summed E-state index contributed by atoms with van der Waals surface area (Å²) in [5, 5.41) is 6.18. The Morgan fingerprint density at radius 2 is 2.09 bits per heavy atom. The molecule has 2 aromatic rings. The van der Waals surface area contributed by atoms with Gasteiger partial charge >= 0.3 is 0 Å². The van der Waals surface area contributed by atoms with E-state index in [1.807, 2.05) is 13.0 Å². The monoisotopic (exact) mass is 323 g/mol. The zero-order valence-corrected chi connectivity index (χ0v) is 12.8. The van der Waals surface area contributed by atoms with Crippen LogP contribution in [0.15, 0.2) is 46.0 Å². The Kier molecular flexibility index (Phi) is 6.40. The summed E-state index contributed by atoms with van der Waals surface area (Å²) in [5.41, 5.74) is 0. The lowest BCUT2D eigenvalue weighted by Crippen LogP contribution is -2.39. The first-order chi connectivity index (χ1) is 11.2. The molecule has 2 N–H and O–H groups in total. The molecule has 0 spiro atoms.